The SMILES string of the molecule is O=C(Cc1cccc2ccccc12)N1CCS[C@H](c2ccccc2F)CC1. The zero-order valence-electron chi connectivity index (χ0n) is 15.1. The van der Waals surface area contributed by atoms with Crippen LogP contribution in [0, 0.1) is 5.82 Å². The molecule has 0 aliphatic carbocycles. The number of hydrogen-bond donors (Lipinski definition) is 0. The third-order valence-electron chi connectivity index (χ3n) is 5.17. The first-order valence-corrected chi connectivity index (χ1v) is 10.4. The summed E-state index contributed by atoms with van der Waals surface area (Å²) in [6.45, 7) is 1.40. The van der Waals surface area contributed by atoms with E-state index in [1.807, 2.05) is 41.3 Å². The van der Waals surface area contributed by atoms with Gasteiger partial charge in [-0.3, -0.25) is 4.79 Å². The Morgan fingerprint density at radius 3 is 2.67 bits per heavy atom. The van der Waals surface area contributed by atoms with Crippen molar-refractivity contribution >= 4 is 28.4 Å². The van der Waals surface area contributed by atoms with Gasteiger partial charge in [-0.2, -0.15) is 11.8 Å². The molecule has 3 aromatic rings. The molecule has 0 aromatic heterocycles. The third kappa shape index (κ3) is 4.01. The van der Waals surface area contributed by atoms with Crippen molar-refractivity contribution in [2.75, 3.05) is 18.8 Å². The van der Waals surface area contributed by atoms with Crippen molar-refractivity contribution < 1.29 is 9.18 Å². The van der Waals surface area contributed by atoms with E-state index in [2.05, 4.69) is 18.2 Å². The number of hydrogen-bond acceptors (Lipinski definition) is 2. The van der Waals surface area contributed by atoms with Gasteiger partial charge in [-0.25, -0.2) is 4.39 Å². The van der Waals surface area contributed by atoms with Gasteiger partial charge in [-0.05, 0) is 28.8 Å². The second-order valence-electron chi connectivity index (χ2n) is 6.87. The lowest BCUT2D eigenvalue weighted by Gasteiger charge is -2.21. The average molecular weight is 380 g/mol. The van der Waals surface area contributed by atoms with Crippen LogP contribution in [-0.2, 0) is 11.2 Å². The second-order valence-corrected chi connectivity index (χ2v) is 8.18. The van der Waals surface area contributed by atoms with E-state index >= 15 is 0 Å². The molecule has 0 N–H and O–H groups in total. The number of benzene rings is 3. The molecule has 2 nitrogen and oxygen atoms in total. The van der Waals surface area contributed by atoms with Gasteiger partial charge >= 0.3 is 0 Å². The van der Waals surface area contributed by atoms with E-state index in [1.54, 1.807) is 17.8 Å². The largest absolute Gasteiger partial charge is 0.342 e. The highest BCUT2D eigenvalue weighted by molar-refractivity contribution is 7.99. The van der Waals surface area contributed by atoms with Crippen LogP contribution in [0.25, 0.3) is 10.8 Å². The molecule has 0 unspecified atom stereocenters. The lowest BCUT2D eigenvalue weighted by Crippen LogP contribution is -2.34. The number of nitrogens with zero attached hydrogens (tertiary/aromatic N) is 1. The molecule has 0 saturated carbocycles. The van der Waals surface area contributed by atoms with Gasteiger partial charge < -0.3 is 4.90 Å². The molecule has 1 fully saturated rings. The maximum Gasteiger partial charge on any atom is 0.227 e. The Morgan fingerprint density at radius 2 is 1.78 bits per heavy atom. The van der Waals surface area contributed by atoms with Crippen molar-refractivity contribution in [1.29, 1.82) is 0 Å². The van der Waals surface area contributed by atoms with E-state index in [-0.39, 0.29) is 17.0 Å². The minimum atomic E-state index is -0.148. The van der Waals surface area contributed by atoms with Gasteiger partial charge in [0.05, 0.1) is 6.42 Å². The Bertz CT molecular complexity index is 953. The second kappa shape index (κ2) is 8.13. The van der Waals surface area contributed by atoms with Gasteiger partial charge in [-0.1, -0.05) is 60.7 Å². The van der Waals surface area contributed by atoms with Crippen molar-refractivity contribution in [2.24, 2.45) is 0 Å². The molecule has 27 heavy (non-hydrogen) atoms. The highest BCUT2D eigenvalue weighted by atomic mass is 32.2. The number of rotatable bonds is 3. The molecule has 138 valence electrons. The first-order valence-electron chi connectivity index (χ1n) is 9.33. The van der Waals surface area contributed by atoms with Gasteiger partial charge in [0.25, 0.3) is 0 Å². The smallest absolute Gasteiger partial charge is 0.227 e. The normalized spacial score (nSPS) is 17.7. The standard InChI is InChI=1S/C23H22FNOS/c24-21-11-4-3-10-20(21)22-12-13-25(14-15-27-22)23(26)16-18-8-5-7-17-6-1-2-9-19(17)18/h1-11,22H,12-16H2/t22-/m0/s1. The van der Waals surface area contributed by atoms with Crippen LogP contribution in [0.5, 0.6) is 0 Å². The van der Waals surface area contributed by atoms with Gasteiger partial charge in [0, 0.05) is 29.7 Å². The number of carbonyl (C=O) groups excluding carboxylic acids is 1. The van der Waals surface area contributed by atoms with Crippen molar-refractivity contribution in [2.45, 2.75) is 18.1 Å². The Hall–Kier alpha value is -2.33. The lowest BCUT2D eigenvalue weighted by molar-refractivity contribution is -0.130. The van der Waals surface area contributed by atoms with Crippen molar-refractivity contribution in [3.8, 4) is 0 Å². The van der Waals surface area contributed by atoms with Gasteiger partial charge in [0.2, 0.25) is 5.91 Å². The topological polar surface area (TPSA) is 20.3 Å². The fourth-order valence-corrected chi connectivity index (χ4v) is 4.98. The number of carbonyl (C=O) groups is 1. The molecular weight excluding hydrogens is 357 g/mol. The van der Waals surface area contributed by atoms with Crippen LogP contribution in [0.3, 0.4) is 0 Å². The number of thioether (sulfide) groups is 1. The molecule has 4 rings (SSSR count). The summed E-state index contributed by atoms with van der Waals surface area (Å²) in [5.41, 5.74) is 1.83. The number of fused-ring (bicyclic) bond motifs is 1. The zero-order chi connectivity index (χ0) is 18.6. The Labute approximate surface area is 163 Å². The molecule has 1 heterocycles. The van der Waals surface area contributed by atoms with Gasteiger partial charge in [0.15, 0.2) is 0 Å². The van der Waals surface area contributed by atoms with E-state index < -0.39 is 0 Å². The minimum Gasteiger partial charge on any atom is -0.342 e. The first-order chi connectivity index (χ1) is 13.2. The molecule has 1 amide bonds. The van der Waals surface area contributed by atoms with Crippen LogP contribution in [0.2, 0.25) is 0 Å². The van der Waals surface area contributed by atoms with E-state index in [0.717, 1.165) is 40.6 Å². The summed E-state index contributed by atoms with van der Waals surface area (Å²) in [4.78, 5) is 14.9. The van der Waals surface area contributed by atoms with Crippen molar-refractivity contribution in [1.82, 2.24) is 4.90 Å². The summed E-state index contributed by atoms with van der Waals surface area (Å²) >= 11 is 1.75. The molecule has 1 aliphatic rings. The zero-order valence-corrected chi connectivity index (χ0v) is 15.9. The maximum atomic E-state index is 14.1. The molecule has 1 aliphatic heterocycles. The predicted octanol–water partition coefficient (Wildman–Crippen LogP) is 5.23. The molecule has 1 saturated heterocycles. The van der Waals surface area contributed by atoms with Crippen LogP contribution in [0.15, 0.2) is 66.7 Å². The third-order valence-corrected chi connectivity index (χ3v) is 6.48. The van der Waals surface area contributed by atoms with E-state index in [4.69, 9.17) is 0 Å². The average Bonchev–Trinajstić information content (AvgIpc) is 2.95. The molecule has 0 radical (unpaired) electrons. The number of amides is 1. The van der Waals surface area contributed by atoms with E-state index in [0.29, 0.717) is 13.0 Å². The lowest BCUT2D eigenvalue weighted by atomic mass is 10.0. The monoisotopic (exact) mass is 379 g/mol. The minimum absolute atomic E-state index is 0.113. The predicted molar refractivity (Wildman–Crippen MR) is 110 cm³/mol. The summed E-state index contributed by atoms with van der Waals surface area (Å²) < 4.78 is 14.1. The molecule has 1 atom stereocenters. The summed E-state index contributed by atoms with van der Waals surface area (Å²) in [5.74, 6) is 0.840. The first kappa shape index (κ1) is 18.1. The van der Waals surface area contributed by atoms with Gasteiger partial charge in [-0.15, -0.1) is 0 Å². The summed E-state index contributed by atoms with van der Waals surface area (Å²) in [6.07, 6.45) is 1.20. The van der Waals surface area contributed by atoms with Crippen molar-refractivity contribution in [3.05, 3.63) is 83.7 Å². The summed E-state index contributed by atoms with van der Waals surface area (Å²) in [6, 6.07) is 21.3. The molecule has 0 spiro atoms. The van der Waals surface area contributed by atoms with Crippen LogP contribution in [0.1, 0.15) is 22.8 Å². The van der Waals surface area contributed by atoms with Gasteiger partial charge in [0.1, 0.15) is 5.82 Å². The van der Waals surface area contributed by atoms with E-state index in [9.17, 15) is 9.18 Å². The fourth-order valence-electron chi connectivity index (χ4n) is 3.73. The number of halogens is 1. The fraction of sp³-hybridized carbons (Fsp3) is 0.261. The maximum absolute atomic E-state index is 14.1. The Balaban J connectivity index is 1.46. The quantitative estimate of drug-likeness (QED) is 0.621. The molecule has 0 bridgehead atoms. The van der Waals surface area contributed by atoms with Crippen molar-refractivity contribution in [3.63, 3.8) is 0 Å². The Morgan fingerprint density at radius 1 is 1.00 bits per heavy atom. The highest BCUT2D eigenvalue weighted by Gasteiger charge is 2.24. The molecule has 3 aromatic carbocycles. The Kier molecular flexibility index (Phi) is 5.44. The van der Waals surface area contributed by atoms with Crippen LogP contribution >= 0.6 is 11.8 Å². The van der Waals surface area contributed by atoms with E-state index in [1.165, 1.54) is 6.07 Å². The molecular formula is C23H22FNOS. The molecule has 4 heteroatoms. The summed E-state index contributed by atoms with van der Waals surface area (Å²) in [7, 11) is 0. The van der Waals surface area contributed by atoms with Crippen LogP contribution in [0.4, 0.5) is 4.39 Å². The summed E-state index contributed by atoms with van der Waals surface area (Å²) in [5, 5.41) is 2.41. The highest BCUT2D eigenvalue weighted by Crippen LogP contribution is 2.35. The van der Waals surface area contributed by atoms with Crippen LogP contribution < -0.4 is 0 Å². The van der Waals surface area contributed by atoms with Crippen LogP contribution in [-0.4, -0.2) is 29.6 Å².